The third-order valence-corrected chi connectivity index (χ3v) is 3.65. The van der Waals surface area contributed by atoms with Crippen molar-refractivity contribution in [1.29, 1.82) is 0 Å². The Bertz CT molecular complexity index is 341. The van der Waals surface area contributed by atoms with Crippen LogP contribution in [0.5, 0.6) is 0 Å². The van der Waals surface area contributed by atoms with Crippen LogP contribution < -0.4 is 5.32 Å². The maximum Gasteiger partial charge on any atom is 0.0320 e. The summed E-state index contributed by atoms with van der Waals surface area (Å²) >= 11 is 0. The maximum absolute atomic E-state index is 3.70. The quantitative estimate of drug-likeness (QED) is 0.740. The standard InChI is InChI=1S/C16H25N/c1-3-11-17-16(10-9-14-7-8-14)15-6-4-5-13(2)12-15/h4-6,12,14,16-17H,3,7-11H2,1-2H3. The van der Waals surface area contributed by atoms with E-state index in [-0.39, 0.29) is 0 Å². The van der Waals surface area contributed by atoms with Crippen LogP contribution in [0.2, 0.25) is 0 Å². The molecule has 0 radical (unpaired) electrons. The molecule has 17 heavy (non-hydrogen) atoms. The highest BCUT2D eigenvalue weighted by atomic mass is 14.9. The minimum absolute atomic E-state index is 0.565. The van der Waals surface area contributed by atoms with Crippen LogP contribution in [0.1, 0.15) is 56.2 Å². The third-order valence-electron chi connectivity index (χ3n) is 3.65. The molecule has 1 aliphatic rings. The van der Waals surface area contributed by atoms with Crippen molar-refractivity contribution < 1.29 is 0 Å². The van der Waals surface area contributed by atoms with Crippen LogP contribution in [-0.2, 0) is 0 Å². The van der Waals surface area contributed by atoms with Gasteiger partial charge in [0.1, 0.15) is 0 Å². The largest absolute Gasteiger partial charge is 0.310 e. The summed E-state index contributed by atoms with van der Waals surface area (Å²) < 4.78 is 0. The van der Waals surface area contributed by atoms with Gasteiger partial charge in [-0.3, -0.25) is 0 Å². The van der Waals surface area contributed by atoms with E-state index in [1.54, 1.807) is 0 Å². The van der Waals surface area contributed by atoms with Crippen LogP contribution in [-0.4, -0.2) is 6.54 Å². The van der Waals surface area contributed by atoms with Crippen LogP contribution in [0, 0.1) is 12.8 Å². The zero-order valence-electron chi connectivity index (χ0n) is 11.2. The highest BCUT2D eigenvalue weighted by molar-refractivity contribution is 5.25. The molecule has 1 aromatic carbocycles. The molecule has 1 aromatic rings. The summed E-state index contributed by atoms with van der Waals surface area (Å²) in [4.78, 5) is 0. The Morgan fingerprint density at radius 1 is 1.35 bits per heavy atom. The van der Waals surface area contributed by atoms with Crippen LogP contribution in [0.4, 0.5) is 0 Å². The van der Waals surface area contributed by atoms with E-state index in [2.05, 4.69) is 43.4 Å². The van der Waals surface area contributed by atoms with Gasteiger partial charge < -0.3 is 5.32 Å². The molecule has 0 heterocycles. The van der Waals surface area contributed by atoms with E-state index < -0.39 is 0 Å². The summed E-state index contributed by atoms with van der Waals surface area (Å²) in [7, 11) is 0. The molecule has 0 aliphatic heterocycles. The minimum atomic E-state index is 0.565. The molecule has 0 bridgehead atoms. The van der Waals surface area contributed by atoms with E-state index in [4.69, 9.17) is 0 Å². The molecule has 1 fully saturated rings. The zero-order chi connectivity index (χ0) is 12.1. The number of hydrogen-bond acceptors (Lipinski definition) is 1. The topological polar surface area (TPSA) is 12.0 Å². The second kappa shape index (κ2) is 6.20. The summed E-state index contributed by atoms with van der Waals surface area (Å²) in [5, 5.41) is 3.70. The lowest BCUT2D eigenvalue weighted by Gasteiger charge is -2.19. The van der Waals surface area contributed by atoms with Crippen molar-refractivity contribution >= 4 is 0 Å². The molecular formula is C16H25N. The van der Waals surface area contributed by atoms with Crippen molar-refractivity contribution in [1.82, 2.24) is 5.32 Å². The van der Waals surface area contributed by atoms with Crippen LogP contribution in [0.3, 0.4) is 0 Å². The van der Waals surface area contributed by atoms with Gasteiger partial charge >= 0.3 is 0 Å². The van der Waals surface area contributed by atoms with E-state index in [1.165, 1.54) is 43.2 Å². The van der Waals surface area contributed by atoms with E-state index in [1.807, 2.05) is 0 Å². The second-order valence-electron chi connectivity index (χ2n) is 5.44. The molecule has 0 saturated heterocycles. The summed E-state index contributed by atoms with van der Waals surface area (Å²) in [6, 6.07) is 9.53. The van der Waals surface area contributed by atoms with Gasteiger partial charge in [0, 0.05) is 6.04 Å². The molecule has 2 rings (SSSR count). The van der Waals surface area contributed by atoms with Gasteiger partial charge in [0.25, 0.3) is 0 Å². The van der Waals surface area contributed by atoms with E-state index >= 15 is 0 Å². The molecule has 0 amide bonds. The first-order chi connectivity index (χ1) is 8.29. The number of nitrogens with one attached hydrogen (secondary N) is 1. The van der Waals surface area contributed by atoms with Gasteiger partial charge in [-0.25, -0.2) is 0 Å². The highest BCUT2D eigenvalue weighted by Gasteiger charge is 2.22. The van der Waals surface area contributed by atoms with Crippen molar-refractivity contribution in [2.24, 2.45) is 5.92 Å². The fourth-order valence-electron chi connectivity index (χ4n) is 2.40. The number of rotatable bonds is 7. The Balaban J connectivity index is 1.96. The molecule has 1 saturated carbocycles. The summed E-state index contributed by atoms with van der Waals surface area (Å²) in [5.41, 5.74) is 2.84. The van der Waals surface area contributed by atoms with Crippen molar-refractivity contribution in [3.8, 4) is 0 Å². The van der Waals surface area contributed by atoms with E-state index in [0.717, 1.165) is 12.5 Å². The number of aryl methyl sites for hydroxylation is 1. The van der Waals surface area contributed by atoms with Gasteiger partial charge in [-0.1, -0.05) is 49.6 Å². The lowest BCUT2D eigenvalue weighted by molar-refractivity contribution is 0.470. The Morgan fingerprint density at radius 3 is 2.82 bits per heavy atom. The molecule has 1 N–H and O–H groups in total. The minimum Gasteiger partial charge on any atom is -0.310 e. The Kier molecular flexibility index (Phi) is 4.61. The summed E-state index contributed by atoms with van der Waals surface area (Å²) in [6.07, 6.45) is 6.85. The lowest BCUT2D eigenvalue weighted by Crippen LogP contribution is -2.22. The van der Waals surface area contributed by atoms with Crippen molar-refractivity contribution in [3.63, 3.8) is 0 Å². The molecule has 1 aliphatic carbocycles. The van der Waals surface area contributed by atoms with Crippen molar-refractivity contribution in [2.45, 2.75) is 52.0 Å². The van der Waals surface area contributed by atoms with Crippen molar-refractivity contribution in [3.05, 3.63) is 35.4 Å². The smallest absolute Gasteiger partial charge is 0.0320 e. The van der Waals surface area contributed by atoms with Gasteiger partial charge in [0.15, 0.2) is 0 Å². The third kappa shape index (κ3) is 4.16. The molecular weight excluding hydrogens is 206 g/mol. The molecule has 0 aromatic heterocycles. The number of hydrogen-bond donors (Lipinski definition) is 1. The Morgan fingerprint density at radius 2 is 2.18 bits per heavy atom. The monoisotopic (exact) mass is 231 g/mol. The van der Waals surface area contributed by atoms with Gasteiger partial charge in [0.05, 0.1) is 0 Å². The average molecular weight is 231 g/mol. The van der Waals surface area contributed by atoms with Crippen LogP contribution in [0.25, 0.3) is 0 Å². The molecule has 1 atom stereocenters. The van der Waals surface area contributed by atoms with Crippen LogP contribution >= 0.6 is 0 Å². The number of benzene rings is 1. The zero-order valence-corrected chi connectivity index (χ0v) is 11.2. The van der Waals surface area contributed by atoms with Gasteiger partial charge in [0.2, 0.25) is 0 Å². The lowest BCUT2D eigenvalue weighted by atomic mass is 9.99. The average Bonchev–Trinajstić information content (AvgIpc) is 3.13. The molecule has 1 heteroatoms. The van der Waals surface area contributed by atoms with E-state index in [0.29, 0.717) is 6.04 Å². The van der Waals surface area contributed by atoms with Gasteiger partial charge in [-0.15, -0.1) is 0 Å². The Hall–Kier alpha value is -0.820. The summed E-state index contributed by atoms with van der Waals surface area (Å²) in [5.74, 6) is 1.03. The predicted octanol–water partition coefficient (Wildman–Crippen LogP) is 4.23. The first kappa shape index (κ1) is 12.6. The second-order valence-corrected chi connectivity index (χ2v) is 5.44. The van der Waals surface area contributed by atoms with Crippen molar-refractivity contribution in [2.75, 3.05) is 6.54 Å². The molecule has 0 spiro atoms. The first-order valence-electron chi connectivity index (χ1n) is 7.09. The summed E-state index contributed by atoms with van der Waals surface area (Å²) in [6.45, 7) is 5.55. The first-order valence-corrected chi connectivity index (χ1v) is 7.09. The molecule has 1 nitrogen and oxygen atoms in total. The fourth-order valence-corrected chi connectivity index (χ4v) is 2.40. The van der Waals surface area contributed by atoms with E-state index in [9.17, 15) is 0 Å². The SMILES string of the molecule is CCCNC(CCC1CC1)c1cccc(C)c1. The normalized spacial score (nSPS) is 17.1. The Labute approximate surface area is 106 Å². The fraction of sp³-hybridized carbons (Fsp3) is 0.625. The van der Waals surface area contributed by atoms with Gasteiger partial charge in [-0.05, 0) is 44.2 Å². The van der Waals surface area contributed by atoms with Gasteiger partial charge in [-0.2, -0.15) is 0 Å². The highest BCUT2D eigenvalue weighted by Crippen LogP contribution is 2.35. The predicted molar refractivity (Wildman–Crippen MR) is 74.2 cm³/mol. The molecule has 94 valence electrons. The van der Waals surface area contributed by atoms with Crippen LogP contribution in [0.15, 0.2) is 24.3 Å². The molecule has 1 unspecified atom stereocenters. The maximum atomic E-state index is 3.70.